The lowest BCUT2D eigenvalue weighted by atomic mass is 9.92. The largest absolute Gasteiger partial charge is 0.472 e. The lowest BCUT2D eigenvalue weighted by Crippen LogP contribution is -2.26. The molecule has 0 bridgehead atoms. The highest BCUT2D eigenvalue weighted by Crippen LogP contribution is 2.17. The van der Waals surface area contributed by atoms with Crippen LogP contribution in [0.1, 0.15) is 39.2 Å². The van der Waals surface area contributed by atoms with Gasteiger partial charge in [0.2, 0.25) is 0 Å². The average molecular weight is 223 g/mol. The van der Waals surface area contributed by atoms with Gasteiger partial charge in [0.1, 0.15) is 0 Å². The molecule has 1 unspecified atom stereocenters. The Kier molecular flexibility index (Phi) is 6.24. The first-order chi connectivity index (χ1) is 7.72. The van der Waals surface area contributed by atoms with Crippen molar-refractivity contribution in [2.75, 3.05) is 13.1 Å². The molecule has 0 aliphatic rings. The Balaban J connectivity index is 2.37. The van der Waals surface area contributed by atoms with Crippen LogP contribution in [0.3, 0.4) is 0 Å². The molecule has 1 aromatic heterocycles. The van der Waals surface area contributed by atoms with E-state index in [4.69, 9.17) is 4.42 Å². The van der Waals surface area contributed by atoms with Crippen molar-refractivity contribution in [1.82, 2.24) is 5.32 Å². The van der Waals surface area contributed by atoms with E-state index in [9.17, 15) is 0 Å². The minimum atomic E-state index is 0.726. The van der Waals surface area contributed by atoms with E-state index in [1.165, 1.54) is 18.4 Å². The molecule has 1 aromatic rings. The van der Waals surface area contributed by atoms with Gasteiger partial charge < -0.3 is 9.73 Å². The molecule has 0 saturated heterocycles. The summed E-state index contributed by atoms with van der Waals surface area (Å²) in [7, 11) is 0. The van der Waals surface area contributed by atoms with Crippen molar-refractivity contribution in [3.8, 4) is 0 Å². The third kappa shape index (κ3) is 5.36. The minimum Gasteiger partial charge on any atom is -0.472 e. The maximum absolute atomic E-state index is 5.13. The van der Waals surface area contributed by atoms with Gasteiger partial charge in [0, 0.05) is 0 Å². The zero-order valence-corrected chi connectivity index (χ0v) is 10.8. The van der Waals surface area contributed by atoms with Gasteiger partial charge in [0.15, 0.2) is 0 Å². The summed E-state index contributed by atoms with van der Waals surface area (Å²) in [5.74, 6) is 1.49. The average Bonchev–Trinajstić information content (AvgIpc) is 2.69. The molecule has 1 rings (SSSR count). The van der Waals surface area contributed by atoms with Crippen LogP contribution in [0.15, 0.2) is 23.0 Å². The smallest absolute Gasteiger partial charge is 0.0934 e. The summed E-state index contributed by atoms with van der Waals surface area (Å²) in [4.78, 5) is 0. The predicted molar refractivity (Wildman–Crippen MR) is 68.5 cm³/mol. The summed E-state index contributed by atoms with van der Waals surface area (Å²) in [6, 6.07) is 2.08. The van der Waals surface area contributed by atoms with Gasteiger partial charge in [0.25, 0.3) is 0 Å². The Morgan fingerprint density at radius 2 is 2.19 bits per heavy atom. The molecule has 1 atom stereocenters. The third-order valence-corrected chi connectivity index (χ3v) is 2.77. The molecule has 0 spiro atoms. The van der Waals surface area contributed by atoms with Crippen LogP contribution in [0, 0.1) is 11.8 Å². The van der Waals surface area contributed by atoms with E-state index < -0.39 is 0 Å². The van der Waals surface area contributed by atoms with Gasteiger partial charge in [-0.25, -0.2) is 0 Å². The zero-order chi connectivity index (χ0) is 11.8. The van der Waals surface area contributed by atoms with E-state index in [1.807, 2.05) is 6.26 Å². The second-order valence-corrected chi connectivity index (χ2v) is 5.04. The molecule has 0 aliphatic heterocycles. The summed E-state index contributed by atoms with van der Waals surface area (Å²) >= 11 is 0. The van der Waals surface area contributed by atoms with E-state index in [1.54, 1.807) is 6.26 Å². The summed E-state index contributed by atoms with van der Waals surface area (Å²) in [5.41, 5.74) is 1.32. The van der Waals surface area contributed by atoms with E-state index >= 15 is 0 Å². The maximum atomic E-state index is 5.13. The highest BCUT2D eigenvalue weighted by molar-refractivity contribution is 5.06. The van der Waals surface area contributed by atoms with Crippen LogP contribution in [-0.2, 0) is 6.42 Å². The van der Waals surface area contributed by atoms with Gasteiger partial charge in [0.05, 0.1) is 12.5 Å². The number of hydrogen-bond donors (Lipinski definition) is 1. The molecule has 2 heteroatoms. The number of hydrogen-bond acceptors (Lipinski definition) is 2. The van der Waals surface area contributed by atoms with Crippen molar-refractivity contribution in [1.29, 1.82) is 0 Å². The molecular weight excluding hydrogens is 198 g/mol. The van der Waals surface area contributed by atoms with E-state index in [-0.39, 0.29) is 0 Å². The van der Waals surface area contributed by atoms with Crippen molar-refractivity contribution in [3.05, 3.63) is 24.2 Å². The molecule has 0 fully saturated rings. The standard InChI is InChI=1S/C14H25NO/c1-4-6-15-10-14(8-12(2)3)9-13-5-7-16-11-13/h5,7,11-12,14-15H,4,6,8-10H2,1-3H3. The van der Waals surface area contributed by atoms with Crippen LogP contribution in [0.2, 0.25) is 0 Å². The minimum absolute atomic E-state index is 0.726. The Bertz CT molecular complexity index is 254. The normalized spacial score (nSPS) is 13.2. The topological polar surface area (TPSA) is 25.2 Å². The van der Waals surface area contributed by atoms with Crippen molar-refractivity contribution in [2.24, 2.45) is 11.8 Å². The van der Waals surface area contributed by atoms with Gasteiger partial charge in [-0.3, -0.25) is 0 Å². The Labute approximate surface area is 99.4 Å². The van der Waals surface area contributed by atoms with Crippen LogP contribution in [0.5, 0.6) is 0 Å². The molecule has 0 saturated carbocycles. The maximum Gasteiger partial charge on any atom is 0.0934 e. The fraction of sp³-hybridized carbons (Fsp3) is 0.714. The van der Waals surface area contributed by atoms with Gasteiger partial charge >= 0.3 is 0 Å². The lowest BCUT2D eigenvalue weighted by Gasteiger charge is -2.18. The van der Waals surface area contributed by atoms with Gasteiger partial charge in [-0.2, -0.15) is 0 Å². The summed E-state index contributed by atoms with van der Waals surface area (Å²) in [6.45, 7) is 9.04. The van der Waals surface area contributed by atoms with Crippen molar-refractivity contribution >= 4 is 0 Å². The fourth-order valence-corrected chi connectivity index (χ4v) is 2.13. The lowest BCUT2D eigenvalue weighted by molar-refractivity contribution is 0.384. The van der Waals surface area contributed by atoms with E-state index in [0.717, 1.165) is 31.3 Å². The first-order valence-electron chi connectivity index (χ1n) is 6.44. The number of nitrogens with one attached hydrogen (secondary N) is 1. The molecule has 0 aliphatic carbocycles. The highest BCUT2D eigenvalue weighted by Gasteiger charge is 2.12. The van der Waals surface area contributed by atoms with Crippen LogP contribution in [0.25, 0.3) is 0 Å². The molecule has 1 N–H and O–H groups in total. The molecule has 0 radical (unpaired) electrons. The monoisotopic (exact) mass is 223 g/mol. The molecule has 16 heavy (non-hydrogen) atoms. The SMILES string of the molecule is CCCNCC(Cc1ccoc1)CC(C)C. The molecular formula is C14H25NO. The van der Waals surface area contributed by atoms with Crippen LogP contribution < -0.4 is 5.32 Å². The van der Waals surface area contributed by atoms with Crippen LogP contribution in [0.4, 0.5) is 0 Å². The summed E-state index contributed by atoms with van der Waals surface area (Å²) < 4.78 is 5.13. The van der Waals surface area contributed by atoms with Crippen LogP contribution in [-0.4, -0.2) is 13.1 Å². The molecule has 92 valence electrons. The van der Waals surface area contributed by atoms with Crippen molar-refractivity contribution in [3.63, 3.8) is 0 Å². The first-order valence-corrected chi connectivity index (χ1v) is 6.44. The Hall–Kier alpha value is -0.760. The molecule has 0 amide bonds. The Morgan fingerprint density at radius 3 is 2.75 bits per heavy atom. The van der Waals surface area contributed by atoms with Crippen LogP contribution >= 0.6 is 0 Å². The first kappa shape index (κ1) is 13.3. The highest BCUT2D eigenvalue weighted by atomic mass is 16.3. The fourth-order valence-electron chi connectivity index (χ4n) is 2.13. The predicted octanol–water partition coefficient (Wildman–Crippen LogP) is 3.48. The molecule has 0 aromatic carbocycles. The molecule has 2 nitrogen and oxygen atoms in total. The van der Waals surface area contributed by atoms with Crippen molar-refractivity contribution < 1.29 is 4.42 Å². The molecule has 1 heterocycles. The van der Waals surface area contributed by atoms with Gasteiger partial charge in [-0.1, -0.05) is 20.8 Å². The quantitative estimate of drug-likeness (QED) is 0.682. The summed E-state index contributed by atoms with van der Waals surface area (Å²) in [6.07, 6.45) is 7.25. The number of rotatable bonds is 8. The third-order valence-electron chi connectivity index (χ3n) is 2.77. The second-order valence-electron chi connectivity index (χ2n) is 5.04. The Morgan fingerprint density at radius 1 is 1.38 bits per heavy atom. The van der Waals surface area contributed by atoms with E-state index in [0.29, 0.717) is 0 Å². The van der Waals surface area contributed by atoms with Crippen molar-refractivity contribution in [2.45, 2.75) is 40.0 Å². The van der Waals surface area contributed by atoms with Gasteiger partial charge in [-0.15, -0.1) is 0 Å². The zero-order valence-electron chi connectivity index (χ0n) is 10.8. The summed E-state index contributed by atoms with van der Waals surface area (Å²) in [5, 5.41) is 3.52. The van der Waals surface area contributed by atoms with E-state index in [2.05, 4.69) is 32.2 Å². The second kappa shape index (κ2) is 7.50. The van der Waals surface area contributed by atoms with Gasteiger partial charge in [-0.05, 0) is 55.8 Å². The number of furan rings is 1.